The van der Waals surface area contributed by atoms with Crippen LogP contribution in [0.2, 0.25) is 0 Å². The number of nitrogens with one attached hydrogen (secondary N) is 1. The second kappa shape index (κ2) is 4.58. The van der Waals surface area contributed by atoms with E-state index in [9.17, 15) is 5.11 Å². The van der Waals surface area contributed by atoms with E-state index in [1.165, 1.54) is 12.8 Å². The van der Waals surface area contributed by atoms with Gasteiger partial charge >= 0.3 is 0 Å². The van der Waals surface area contributed by atoms with Crippen LogP contribution < -0.4 is 5.73 Å². The van der Waals surface area contributed by atoms with E-state index in [2.05, 4.69) is 4.90 Å². The van der Waals surface area contributed by atoms with Crippen molar-refractivity contribution in [2.45, 2.75) is 64.1 Å². The first-order valence-corrected chi connectivity index (χ1v) is 6.68. The van der Waals surface area contributed by atoms with Crippen LogP contribution in [0.4, 0.5) is 0 Å². The van der Waals surface area contributed by atoms with Crippen molar-refractivity contribution in [2.75, 3.05) is 6.54 Å². The van der Waals surface area contributed by atoms with E-state index in [1.807, 2.05) is 13.8 Å². The Morgan fingerprint density at radius 1 is 1.35 bits per heavy atom. The van der Waals surface area contributed by atoms with Crippen molar-refractivity contribution in [1.29, 1.82) is 5.41 Å². The summed E-state index contributed by atoms with van der Waals surface area (Å²) >= 11 is 0. The minimum Gasteiger partial charge on any atom is -0.393 e. The van der Waals surface area contributed by atoms with Crippen LogP contribution in [0, 0.1) is 10.8 Å². The Kier molecular flexibility index (Phi) is 3.46. The molecule has 2 saturated heterocycles. The van der Waals surface area contributed by atoms with Gasteiger partial charge in [-0.3, -0.25) is 10.3 Å². The molecule has 2 aliphatic rings. The number of hydrogen-bond donors (Lipinski definition) is 3. The molecule has 4 N–H and O–H groups in total. The van der Waals surface area contributed by atoms with Gasteiger partial charge < -0.3 is 10.8 Å². The van der Waals surface area contributed by atoms with Gasteiger partial charge in [0.15, 0.2) is 0 Å². The molecule has 2 heterocycles. The highest BCUT2D eigenvalue weighted by Gasteiger charge is 2.40. The molecule has 2 unspecified atom stereocenters. The van der Waals surface area contributed by atoms with Crippen LogP contribution in [0.25, 0.3) is 0 Å². The van der Waals surface area contributed by atoms with Gasteiger partial charge in [0.2, 0.25) is 0 Å². The van der Waals surface area contributed by atoms with Gasteiger partial charge in [-0.15, -0.1) is 0 Å². The topological polar surface area (TPSA) is 73.3 Å². The van der Waals surface area contributed by atoms with Crippen LogP contribution in [0.3, 0.4) is 0 Å². The maximum absolute atomic E-state index is 9.74. The molecule has 2 bridgehead atoms. The fourth-order valence-electron chi connectivity index (χ4n) is 3.15. The lowest BCUT2D eigenvalue weighted by Crippen LogP contribution is -2.46. The molecule has 2 rings (SSSR count). The Bertz CT molecular complexity index is 289. The molecule has 17 heavy (non-hydrogen) atoms. The number of nitrogens with two attached hydrogens (primary N) is 1. The highest BCUT2D eigenvalue weighted by atomic mass is 16.3. The van der Waals surface area contributed by atoms with E-state index in [0.29, 0.717) is 12.1 Å². The molecule has 0 amide bonds. The monoisotopic (exact) mass is 239 g/mol. The number of hydrogen-bond acceptors (Lipinski definition) is 3. The molecule has 98 valence electrons. The van der Waals surface area contributed by atoms with E-state index in [1.54, 1.807) is 0 Å². The molecular weight excluding hydrogens is 214 g/mol. The highest BCUT2D eigenvalue weighted by Crippen LogP contribution is 2.36. The molecule has 0 radical (unpaired) electrons. The molecule has 0 aromatic carbocycles. The third-order valence-electron chi connectivity index (χ3n) is 4.58. The fourth-order valence-corrected chi connectivity index (χ4v) is 3.15. The summed E-state index contributed by atoms with van der Waals surface area (Å²) in [5.41, 5.74) is 5.42. The second-order valence-corrected chi connectivity index (χ2v) is 6.30. The lowest BCUT2D eigenvalue weighted by atomic mass is 9.87. The summed E-state index contributed by atoms with van der Waals surface area (Å²) in [6, 6.07) is 1.12. The Morgan fingerprint density at radius 3 is 2.35 bits per heavy atom. The number of fused-ring (bicyclic) bond motifs is 2. The van der Waals surface area contributed by atoms with Gasteiger partial charge in [0.25, 0.3) is 0 Å². The van der Waals surface area contributed by atoms with Crippen molar-refractivity contribution in [3.63, 3.8) is 0 Å². The van der Waals surface area contributed by atoms with E-state index in [-0.39, 0.29) is 17.4 Å². The molecule has 0 saturated carbocycles. The standard InChI is InChI=1S/C13H25N3O/c1-13(2,12(14)15)5-6-16-9-3-4-10(16)8-11(17)7-9/h9-11,17H,3-8H2,1-2H3,(H3,14,15). The number of nitrogens with zero attached hydrogens (tertiary/aromatic N) is 1. The molecule has 4 heteroatoms. The van der Waals surface area contributed by atoms with E-state index in [0.717, 1.165) is 25.8 Å². The molecule has 0 aromatic heterocycles. The summed E-state index contributed by atoms with van der Waals surface area (Å²) in [6.45, 7) is 5.08. The lowest BCUT2D eigenvalue weighted by Gasteiger charge is -2.38. The van der Waals surface area contributed by atoms with Gasteiger partial charge in [-0.2, -0.15) is 0 Å². The van der Waals surface area contributed by atoms with Crippen molar-refractivity contribution >= 4 is 5.84 Å². The van der Waals surface area contributed by atoms with Crippen LogP contribution in [0.1, 0.15) is 46.0 Å². The number of piperidine rings is 1. The Morgan fingerprint density at radius 2 is 1.88 bits per heavy atom. The Labute approximate surface area is 104 Å². The molecule has 0 aromatic rings. The predicted molar refractivity (Wildman–Crippen MR) is 69.1 cm³/mol. The van der Waals surface area contributed by atoms with Gasteiger partial charge in [0.05, 0.1) is 11.9 Å². The zero-order valence-electron chi connectivity index (χ0n) is 10.9. The van der Waals surface area contributed by atoms with Gasteiger partial charge in [-0.05, 0) is 38.6 Å². The number of aliphatic hydroxyl groups excluding tert-OH is 1. The molecule has 2 fully saturated rings. The summed E-state index contributed by atoms with van der Waals surface area (Å²) in [5, 5.41) is 17.3. The maximum Gasteiger partial charge on any atom is 0.0963 e. The molecule has 0 aliphatic carbocycles. The van der Waals surface area contributed by atoms with Crippen LogP contribution in [0.5, 0.6) is 0 Å². The van der Waals surface area contributed by atoms with Gasteiger partial charge in [0.1, 0.15) is 0 Å². The van der Waals surface area contributed by atoms with E-state index >= 15 is 0 Å². The number of rotatable bonds is 4. The molecule has 0 spiro atoms. The van der Waals surface area contributed by atoms with Crippen LogP contribution >= 0.6 is 0 Å². The lowest BCUT2D eigenvalue weighted by molar-refractivity contribution is 0.0319. The summed E-state index contributed by atoms with van der Waals surface area (Å²) in [5.74, 6) is 0.280. The largest absolute Gasteiger partial charge is 0.393 e. The zero-order chi connectivity index (χ0) is 12.6. The van der Waals surface area contributed by atoms with Crippen molar-refractivity contribution < 1.29 is 5.11 Å². The predicted octanol–water partition coefficient (Wildman–Crippen LogP) is 1.33. The van der Waals surface area contributed by atoms with Gasteiger partial charge in [-0.1, -0.05) is 13.8 Å². The summed E-state index contributed by atoms with van der Waals surface area (Å²) in [7, 11) is 0. The van der Waals surface area contributed by atoms with Gasteiger partial charge in [-0.25, -0.2) is 0 Å². The zero-order valence-corrected chi connectivity index (χ0v) is 10.9. The minimum atomic E-state index is -0.199. The van der Waals surface area contributed by atoms with Crippen molar-refractivity contribution in [2.24, 2.45) is 11.1 Å². The third-order valence-corrected chi connectivity index (χ3v) is 4.58. The third kappa shape index (κ3) is 2.63. The average molecular weight is 239 g/mol. The molecule has 4 nitrogen and oxygen atoms in total. The van der Waals surface area contributed by atoms with Crippen molar-refractivity contribution in [3.05, 3.63) is 0 Å². The summed E-state index contributed by atoms with van der Waals surface area (Å²) in [6.07, 6.45) is 5.15. The first-order chi connectivity index (χ1) is 7.90. The quantitative estimate of drug-likeness (QED) is 0.512. The Hall–Kier alpha value is -0.610. The highest BCUT2D eigenvalue weighted by molar-refractivity contribution is 5.82. The van der Waals surface area contributed by atoms with Crippen molar-refractivity contribution in [3.8, 4) is 0 Å². The first kappa shape index (κ1) is 12.8. The van der Waals surface area contributed by atoms with Crippen molar-refractivity contribution in [1.82, 2.24) is 4.90 Å². The SMILES string of the molecule is CC(C)(CCN1C2CCC1CC(O)C2)C(=N)N. The first-order valence-electron chi connectivity index (χ1n) is 6.68. The maximum atomic E-state index is 9.74. The Balaban J connectivity index is 1.91. The fraction of sp³-hybridized carbons (Fsp3) is 0.923. The molecule has 2 atom stereocenters. The number of amidine groups is 1. The smallest absolute Gasteiger partial charge is 0.0963 e. The summed E-state index contributed by atoms with van der Waals surface area (Å²) in [4.78, 5) is 2.54. The van der Waals surface area contributed by atoms with Crippen LogP contribution in [0.15, 0.2) is 0 Å². The van der Waals surface area contributed by atoms with E-state index < -0.39 is 0 Å². The normalized spacial score (nSPS) is 33.9. The van der Waals surface area contributed by atoms with E-state index in [4.69, 9.17) is 11.1 Å². The molecule has 2 aliphatic heterocycles. The van der Waals surface area contributed by atoms with Gasteiger partial charge in [0, 0.05) is 17.5 Å². The number of aliphatic hydroxyl groups is 1. The second-order valence-electron chi connectivity index (χ2n) is 6.30. The molecular formula is C13H25N3O. The van der Waals surface area contributed by atoms with Crippen LogP contribution in [-0.2, 0) is 0 Å². The van der Waals surface area contributed by atoms with Crippen LogP contribution in [-0.4, -0.2) is 40.6 Å². The minimum absolute atomic E-state index is 0.0930. The average Bonchev–Trinajstić information content (AvgIpc) is 2.47. The summed E-state index contributed by atoms with van der Waals surface area (Å²) < 4.78 is 0.